The highest BCUT2D eigenvalue weighted by Crippen LogP contribution is 2.20. The number of nitrogens with zero attached hydrogens (tertiary/aromatic N) is 2. The van der Waals surface area contributed by atoms with Crippen molar-refractivity contribution in [3.05, 3.63) is 0 Å². The smallest absolute Gasteiger partial charge is 0.239 e. The molecule has 0 saturated carbocycles. The van der Waals surface area contributed by atoms with Gasteiger partial charge in [0.25, 0.3) is 0 Å². The van der Waals surface area contributed by atoms with Crippen LogP contribution in [0.25, 0.3) is 0 Å². The first kappa shape index (κ1) is 15.4. The minimum absolute atomic E-state index is 0.102. The molecule has 4 nitrogen and oxygen atoms in total. The van der Waals surface area contributed by atoms with Gasteiger partial charge < -0.3 is 15.5 Å². The lowest BCUT2D eigenvalue weighted by Gasteiger charge is -2.40. The molecule has 18 heavy (non-hydrogen) atoms. The van der Waals surface area contributed by atoms with Crippen molar-refractivity contribution in [2.75, 3.05) is 20.6 Å². The first-order valence-electron chi connectivity index (χ1n) is 7.05. The highest BCUT2D eigenvalue weighted by Gasteiger charge is 2.30. The van der Waals surface area contributed by atoms with Crippen LogP contribution in [-0.4, -0.2) is 54.5 Å². The van der Waals surface area contributed by atoms with Crippen molar-refractivity contribution in [1.29, 1.82) is 0 Å². The first-order valence-corrected chi connectivity index (χ1v) is 7.05. The van der Waals surface area contributed by atoms with Gasteiger partial charge in [0.2, 0.25) is 5.91 Å². The molecule has 1 saturated heterocycles. The third-order valence-corrected chi connectivity index (χ3v) is 4.12. The van der Waals surface area contributed by atoms with Crippen LogP contribution in [0.4, 0.5) is 0 Å². The molecule has 4 heteroatoms. The fourth-order valence-electron chi connectivity index (χ4n) is 2.67. The average Bonchev–Trinajstić information content (AvgIpc) is 2.30. The topological polar surface area (TPSA) is 49.6 Å². The summed E-state index contributed by atoms with van der Waals surface area (Å²) in [7, 11) is 4.05. The number of amides is 1. The number of likely N-dealkylation sites (N-methyl/N-ethyl adjacent to an activating group) is 1. The van der Waals surface area contributed by atoms with E-state index < -0.39 is 0 Å². The van der Waals surface area contributed by atoms with Gasteiger partial charge in [0.05, 0.1) is 6.04 Å². The Morgan fingerprint density at radius 1 is 1.50 bits per heavy atom. The van der Waals surface area contributed by atoms with Crippen molar-refractivity contribution in [1.82, 2.24) is 9.80 Å². The molecule has 0 aromatic carbocycles. The Bertz CT molecular complexity index is 280. The van der Waals surface area contributed by atoms with E-state index >= 15 is 0 Å². The number of hydrogen-bond donors (Lipinski definition) is 1. The molecular weight excluding hydrogens is 226 g/mol. The molecule has 0 bridgehead atoms. The Labute approximate surface area is 111 Å². The van der Waals surface area contributed by atoms with Crippen LogP contribution in [0.1, 0.15) is 40.0 Å². The summed E-state index contributed by atoms with van der Waals surface area (Å²) in [6.45, 7) is 7.48. The normalized spacial score (nSPS) is 27.3. The Morgan fingerprint density at radius 3 is 2.61 bits per heavy atom. The molecule has 1 aliphatic rings. The van der Waals surface area contributed by atoms with E-state index in [2.05, 4.69) is 32.7 Å². The van der Waals surface area contributed by atoms with Crippen LogP contribution in [0.5, 0.6) is 0 Å². The SMILES string of the molecule is CC(C)C[C@H](N)C(=O)N(C)C1CCN(C)C(C)C1. The number of rotatable bonds is 4. The largest absolute Gasteiger partial charge is 0.341 e. The molecule has 2 N–H and O–H groups in total. The zero-order valence-corrected chi connectivity index (χ0v) is 12.5. The maximum atomic E-state index is 12.3. The van der Waals surface area contributed by atoms with Gasteiger partial charge in [-0.1, -0.05) is 13.8 Å². The molecule has 2 unspecified atom stereocenters. The number of nitrogens with two attached hydrogens (primary N) is 1. The predicted molar refractivity (Wildman–Crippen MR) is 75.3 cm³/mol. The van der Waals surface area contributed by atoms with Gasteiger partial charge in [0.1, 0.15) is 0 Å². The Morgan fingerprint density at radius 2 is 2.11 bits per heavy atom. The van der Waals surface area contributed by atoms with E-state index in [4.69, 9.17) is 5.73 Å². The van der Waals surface area contributed by atoms with Gasteiger partial charge in [-0.2, -0.15) is 0 Å². The number of carbonyl (C=O) groups excluding carboxylic acids is 1. The molecule has 1 amide bonds. The second-order valence-corrected chi connectivity index (χ2v) is 6.19. The summed E-state index contributed by atoms with van der Waals surface area (Å²) in [5.74, 6) is 0.569. The van der Waals surface area contributed by atoms with Crippen LogP contribution in [0.2, 0.25) is 0 Å². The molecule has 106 valence electrons. The lowest BCUT2D eigenvalue weighted by Crippen LogP contribution is -2.52. The summed E-state index contributed by atoms with van der Waals surface area (Å²) in [6.07, 6.45) is 2.87. The molecule has 0 aromatic rings. The van der Waals surface area contributed by atoms with Crippen molar-refractivity contribution in [2.45, 2.75) is 58.2 Å². The molecule has 1 aliphatic heterocycles. The molecule has 0 aromatic heterocycles. The van der Waals surface area contributed by atoms with Crippen molar-refractivity contribution in [2.24, 2.45) is 11.7 Å². The van der Waals surface area contributed by atoms with E-state index in [0.29, 0.717) is 18.0 Å². The molecule has 1 heterocycles. The van der Waals surface area contributed by atoms with Crippen molar-refractivity contribution in [3.63, 3.8) is 0 Å². The fraction of sp³-hybridized carbons (Fsp3) is 0.929. The van der Waals surface area contributed by atoms with E-state index in [1.54, 1.807) is 0 Å². The van der Waals surface area contributed by atoms with E-state index in [1.165, 1.54) is 0 Å². The average molecular weight is 255 g/mol. The van der Waals surface area contributed by atoms with E-state index in [0.717, 1.165) is 25.8 Å². The number of carbonyl (C=O) groups is 1. The highest BCUT2D eigenvalue weighted by atomic mass is 16.2. The van der Waals surface area contributed by atoms with Gasteiger partial charge in [-0.3, -0.25) is 4.79 Å². The van der Waals surface area contributed by atoms with E-state index in [-0.39, 0.29) is 11.9 Å². The van der Waals surface area contributed by atoms with Crippen molar-refractivity contribution >= 4 is 5.91 Å². The molecule has 0 radical (unpaired) electrons. The fourth-order valence-corrected chi connectivity index (χ4v) is 2.67. The summed E-state index contributed by atoms with van der Waals surface area (Å²) in [4.78, 5) is 16.5. The van der Waals surface area contributed by atoms with Crippen molar-refractivity contribution < 1.29 is 4.79 Å². The van der Waals surface area contributed by atoms with Gasteiger partial charge in [0, 0.05) is 25.7 Å². The Hall–Kier alpha value is -0.610. The van der Waals surface area contributed by atoms with E-state index in [1.807, 2.05) is 11.9 Å². The van der Waals surface area contributed by atoms with Gasteiger partial charge in [0.15, 0.2) is 0 Å². The van der Waals surface area contributed by atoms with Crippen LogP contribution in [0.3, 0.4) is 0 Å². The van der Waals surface area contributed by atoms with Gasteiger partial charge >= 0.3 is 0 Å². The number of likely N-dealkylation sites (tertiary alicyclic amines) is 1. The highest BCUT2D eigenvalue weighted by molar-refractivity contribution is 5.81. The summed E-state index contributed by atoms with van der Waals surface area (Å²) >= 11 is 0. The minimum Gasteiger partial charge on any atom is -0.341 e. The van der Waals surface area contributed by atoms with Crippen LogP contribution in [0, 0.1) is 5.92 Å². The van der Waals surface area contributed by atoms with Crippen LogP contribution in [0.15, 0.2) is 0 Å². The summed E-state index contributed by atoms with van der Waals surface area (Å²) < 4.78 is 0. The summed E-state index contributed by atoms with van der Waals surface area (Å²) in [6, 6.07) is 0.548. The second kappa shape index (κ2) is 6.53. The molecular formula is C14H29N3O. The zero-order valence-electron chi connectivity index (χ0n) is 12.5. The zero-order chi connectivity index (χ0) is 13.9. The second-order valence-electron chi connectivity index (χ2n) is 6.19. The monoisotopic (exact) mass is 255 g/mol. The molecule has 3 atom stereocenters. The Kier molecular flexibility index (Phi) is 5.60. The Balaban J connectivity index is 2.53. The molecule has 1 rings (SSSR count). The first-order chi connectivity index (χ1) is 8.32. The lowest BCUT2D eigenvalue weighted by molar-refractivity contribution is -0.134. The summed E-state index contributed by atoms with van der Waals surface area (Å²) in [5.41, 5.74) is 5.99. The van der Waals surface area contributed by atoms with Crippen molar-refractivity contribution in [3.8, 4) is 0 Å². The van der Waals surface area contributed by atoms with Crippen LogP contribution in [-0.2, 0) is 4.79 Å². The molecule has 0 spiro atoms. The van der Waals surface area contributed by atoms with Crippen LogP contribution >= 0.6 is 0 Å². The van der Waals surface area contributed by atoms with Gasteiger partial charge in [-0.05, 0) is 39.2 Å². The van der Waals surface area contributed by atoms with Gasteiger partial charge in [-0.25, -0.2) is 0 Å². The standard InChI is InChI=1S/C14H29N3O/c1-10(2)8-13(15)14(18)17(5)12-6-7-16(4)11(3)9-12/h10-13H,6-9,15H2,1-5H3/t11?,12?,13-/m0/s1. The summed E-state index contributed by atoms with van der Waals surface area (Å²) in [5, 5.41) is 0. The quantitative estimate of drug-likeness (QED) is 0.824. The third-order valence-electron chi connectivity index (χ3n) is 4.12. The van der Waals surface area contributed by atoms with Gasteiger partial charge in [-0.15, -0.1) is 0 Å². The lowest BCUT2D eigenvalue weighted by atomic mass is 9.96. The molecule has 0 aliphatic carbocycles. The number of hydrogen-bond acceptors (Lipinski definition) is 3. The minimum atomic E-state index is -0.343. The predicted octanol–water partition coefficient (Wildman–Crippen LogP) is 1.30. The van der Waals surface area contributed by atoms with E-state index in [9.17, 15) is 4.79 Å². The van der Waals surface area contributed by atoms with Crippen LogP contribution < -0.4 is 5.73 Å². The molecule has 1 fully saturated rings. The maximum absolute atomic E-state index is 12.3. The number of piperidine rings is 1. The maximum Gasteiger partial charge on any atom is 0.239 e. The third kappa shape index (κ3) is 3.95.